The van der Waals surface area contributed by atoms with E-state index in [1.54, 1.807) is 13.0 Å². The zero-order valence-corrected chi connectivity index (χ0v) is 17.6. The van der Waals surface area contributed by atoms with Crippen LogP contribution < -0.4 is 4.74 Å². The number of ether oxygens (including phenoxy) is 2. The number of carbonyl (C=O) groups is 2. The molecule has 0 atom stereocenters. The minimum atomic E-state index is -0.317. The van der Waals surface area contributed by atoms with Gasteiger partial charge in [0.25, 0.3) is 0 Å². The van der Waals surface area contributed by atoms with E-state index in [0.29, 0.717) is 36.5 Å². The van der Waals surface area contributed by atoms with Crippen molar-refractivity contribution in [3.05, 3.63) is 65.2 Å². The first-order chi connectivity index (χ1) is 14.1. The van der Waals surface area contributed by atoms with Crippen LogP contribution in [0, 0.1) is 0 Å². The van der Waals surface area contributed by atoms with E-state index in [0.717, 1.165) is 24.8 Å². The van der Waals surface area contributed by atoms with E-state index in [1.807, 2.05) is 42.5 Å². The van der Waals surface area contributed by atoms with Crippen molar-refractivity contribution < 1.29 is 19.1 Å². The fourth-order valence-corrected chi connectivity index (χ4v) is 3.19. The normalized spacial score (nSPS) is 10.6. The van der Waals surface area contributed by atoms with Crippen LogP contribution in [0.3, 0.4) is 0 Å². The molecule has 0 heterocycles. The smallest absolute Gasteiger partial charge is 0.310 e. The van der Waals surface area contributed by atoms with Crippen LogP contribution in [0.2, 0.25) is 0 Å². The van der Waals surface area contributed by atoms with Crippen LogP contribution >= 0.6 is 0 Å². The van der Waals surface area contributed by atoms with Gasteiger partial charge in [-0.1, -0.05) is 69.0 Å². The molecule has 0 aliphatic rings. The molecule has 0 N–H and O–H groups in total. The maximum atomic E-state index is 12.9. The molecule has 2 aromatic carbocycles. The number of rotatable bonds is 13. The Kier molecular flexibility index (Phi) is 9.98. The second kappa shape index (κ2) is 12.8. The summed E-state index contributed by atoms with van der Waals surface area (Å²) in [7, 11) is 0. The molecule has 4 nitrogen and oxygen atoms in total. The molecule has 2 rings (SSSR count). The first-order valence-electron chi connectivity index (χ1n) is 10.6. The summed E-state index contributed by atoms with van der Waals surface area (Å²) in [5.41, 5.74) is 2.33. The zero-order valence-electron chi connectivity index (χ0n) is 17.6. The van der Waals surface area contributed by atoms with Gasteiger partial charge in [-0.2, -0.15) is 0 Å². The second-order valence-electron chi connectivity index (χ2n) is 7.16. The van der Waals surface area contributed by atoms with Gasteiger partial charge in [-0.15, -0.1) is 0 Å². The summed E-state index contributed by atoms with van der Waals surface area (Å²) >= 11 is 0. The SMILES string of the molecule is CCCCCCCC(=O)c1cc(OCc2ccccc2)ccc1CC(=O)OCC. The number of esters is 1. The molecule has 4 heteroatoms. The van der Waals surface area contributed by atoms with Crippen molar-refractivity contribution in [2.75, 3.05) is 6.61 Å². The maximum absolute atomic E-state index is 12.9. The Morgan fingerprint density at radius 1 is 0.897 bits per heavy atom. The number of Topliss-reactive ketones (excluding diaryl/α,β-unsaturated/α-hetero) is 1. The molecule has 0 aromatic heterocycles. The number of unbranched alkanes of at least 4 members (excludes halogenated alkanes) is 4. The van der Waals surface area contributed by atoms with Crippen LogP contribution in [0.5, 0.6) is 5.75 Å². The summed E-state index contributed by atoms with van der Waals surface area (Å²) in [6.07, 6.45) is 6.04. The summed E-state index contributed by atoms with van der Waals surface area (Å²) in [6, 6.07) is 15.3. The lowest BCUT2D eigenvalue weighted by Crippen LogP contribution is -2.12. The van der Waals surface area contributed by atoms with E-state index < -0.39 is 0 Å². The van der Waals surface area contributed by atoms with Crippen molar-refractivity contribution in [1.82, 2.24) is 0 Å². The number of hydrogen-bond donors (Lipinski definition) is 0. The summed E-state index contributed by atoms with van der Waals surface area (Å²) in [6.45, 7) is 4.72. The van der Waals surface area contributed by atoms with Crippen molar-refractivity contribution in [3.63, 3.8) is 0 Å². The van der Waals surface area contributed by atoms with Gasteiger partial charge in [0.2, 0.25) is 0 Å². The fraction of sp³-hybridized carbons (Fsp3) is 0.440. The molecule has 0 spiro atoms. The van der Waals surface area contributed by atoms with Gasteiger partial charge in [-0.05, 0) is 36.6 Å². The van der Waals surface area contributed by atoms with Gasteiger partial charge in [0, 0.05) is 12.0 Å². The molecular formula is C25H32O4. The standard InChI is InChI=1S/C25H32O4/c1-3-5-6-7-11-14-24(26)23-18-22(29-19-20-12-9-8-10-13-20)16-15-21(23)17-25(27)28-4-2/h8-10,12-13,15-16,18H,3-7,11,14,17,19H2,1-2H3. The third kappa shape index (κ3) is 8.10. The Labute approximate surface area is 174 Å². The zero-order chi connectivity index (χ0) is 20.9. The second-order valence-corrected chi connectivity index (χ2v) is 7.16. The van der Waals surface area contributed by atoms with E-state index >= 15 is 0 Å². The monoisotopic (exact) mass is 396 g/mol. The third-order valence-corrected chi connectivity index (χ3v) is 4.78. The fourth-order valence-electron chi connectivity index (χ4n) is 3.19. The van der Waals surface area contributed by atoms with Gasteiger partial charge >= 0.3 is 5.97 Å². The summed E-state index contributed by atoms with van der Waals surface area (Å²) in [5, 5.41) is 0. The largest absolute Gasteiger partial charge is 0.489 e. The molecule has 0 fully saturated rings. The quantitative estimate of drug-likeness (QED) is 0.240. The van der Waals surface area contributed by atoms with Crippen molar-refractivity contribution >= 4 is 11.8 Å². The molecule has 0 saturated carbocycles. The molecule has 0 aliphatic carbocycles. The van der Waals surface area contributed by atoms with Crippen molar-refractivity contribution in [2.45, 2.75) is 65.4 Å². The first-order valence-corrected chi connectivity index (χ1v) is 10.6. The number of ketones is 1. The molecule has 0 amide bonds. The number of benzene rings is 2. The summed E-state index contributed by atoms with van der Waals surface area (Å²) in [5.74, 6) is 0.379. The van der Waals surface area contributed by atoms with Crippen LogP contribution in [0.15, 0.2) is 48.5 Å². The average molecular weight is 397 g/mol. The molecule has 156 valence electrons. The molecular weight excluding hydrogens is 364 g/mol. The minimum absolute atomic E-state index is 0.0611. The lowest BCUT2D eigenvalue weighted by Gasteiger charge is -2.12. The predicted molar refractivity (Wildman–Crippen MR) is 115 cm³/mol. The van der Waals surface area contributed by atoms with E-state index in [4.69, 9.17) is 9.47 Å². The molecule has 0 aliphatic heterocycles. The van der Waals surface area contributed by atoms with Gasteiger partial charge in [0.1, 0.15) is 12.4 Å². The topological polar surface area (TPSA) is 52.6 Å². The molecule has 0 bridgehead atoms. The van der Waals surface area contributed by atoms with E-state index in [1.165, 1.54) is 12.8 Å². The van der Waals surface area contributed by atoms with Gasteiger partial charge in [0.05, 0.1) is 13.0 Å². The maximum Gasteiger partial charge on any atom is 0.310 e. The number of carbonyl (C=O) groups excluding carboxylic acids is 2. The molecule has 0 saturated heterocycles. The molecule has 0 radical (unpaired) electrons. The minimum Gasteiger partial charge on any atom is -0.489 e. The lowest BCUT2D eigenvalue weighted by atomic mass is 9.97. The lowest BCUT2D eigenvalue weighted by molar-refractivity contribution is -0.142. The van der Waals surface area contributed by atoms with Gasteiger partial charge in [-0.25, -0.2) is 0 Å². The highest BCUT2D eigenvalue weighted by Gasteiger charge is 2.16. The van der Waals surface area contributed by atoms with Crippen molar-refractivity contribution in [3.8, 4) is 5.75 Å². The van der Waals surface area contributed by atoms with Crippen LogP contribution in [0.1, 0.15) is 73.9 Å². The van der Waals surface area contributed by atoms with Crippen LogP contribution in [-0.2, 0) is 22.6 Å². The molecule has 0 unspecified atom stereocenters. The average Bonchev–Trinajstić information content (AvgIpc) is 2.73. The third-order valence-electron chi connectivity index (χ3n) is 4.78. The first kappa shape index (κ1) is 22.7. The van der Waals surface area contributed by atoms with Gasteiger partial charge < -0.3 is 9.47 Å². The Morgan fingerprint density at radius 2 is 1.66 bits per heavy atom. The molecule has 29 heavy (non-hydrogen) atoms. The van der Waals surface area contributed by atoms with Crippen molar-refractivity contribution in [1.29, 1.82) is 0 Å². The van der Waals surface area contributed by atoms with Gasteiger partial charge in [0.15, 0.2) is 5.78 Å². The van der Waals surface area contributed by atoms with Gasteiger partial charge in [-0.3, -0.25) is 9.59 Å². The Balaban J connectivity index is 2.09. The summed E-state index contributed by atoms with van der Waals surface area (Å²) < 4.78 is 10.9. The highest BCUT2D eigenvalue weighted by molar-refractivity contribution is 5.98. The Morgan fingerprint density at radius 3 is 2.38 bits per heavy atom. The van der Waals surface area contributed by atoms with Crippen molar-refractivity contribution in [2.24, 2.45) is 0 Å². The Hall–Kier alpha value is -2.62. The van der Waals surface area contributed by atoms with Crippen LogP contribution in [0.25, 0.3) is 0 Å². The van der Waals surface area contributed by atoms with E-state index in [2.05, 4.69) is 6.92 Å². The summed E-state index contributed by atoms with van der Waals surface area (Å²) in [4.78, 5) is 24.8. The Bertz CT molecular complexity index is 768. The van der Waals surface area contributed by atoms with E-state index in [-0.39, 0.29) is 18.2 Å². The van der Waals surface area contributed by atoms with Crippen LogP contribution in [0.4, 0.5) is 0 Å². The van der Waals surface area contributed by atoms with Crippen LogP contribution in [-0.4, -0.2) is 18.4 Å². The highest BCUT2D eigenvalue weighted by Crippen LogP contribution is 2.22. The molecule has 2 aromatic rings. The number of hydrogen-bond acceptors (Lipinski definition) is 4. The van der Waals surface area contributed by atoms with E-state index in [9.17, 15) is 9.59 Å². The predicted octanol–water partition coefficient (Wildman–Crippen LogP) is 5.91. The highest BCUT2D eigenvalue weighted by atomic mass is 16.5.